The van der Waals surface area contributed by atoms with Gasteiger partial charge in [0, 0.05) is 30.1 Å². The molecule has 0 aliphatic heterocycles. The molecule has 0 aromatic heterocycles. The second-order valence-electron chi connectivity index (χ2n) is 5.92. The van der Waals surface area contributed by atoms with E-state index in [1.165, 1.54) is 12.0 Å². The van der Waals surface area contributed by atoms with Crippen LogP contribution in [-0.2, 0) is 19.1 Å². The van der Waals surface area contributed by atoms with E-state index in [0.29, 0.717) is 18.8 Å². The number of carbonyl (C=O) groups excluding carboxylic acids is 2. The summed E-state index contributed by atoms with van der Waals surface area (Å²) in [5.41, 5.74) is 0. The van der Waals surface area contributed by atoms with Crippen molar-refractivity contribution in [1.82, 2.24) is 0 Å². The summed E-state index contributed by atoms with van der Waals surface area (Å²) in [5.74, 6) is 1.97. The van der Waals surface area contributed by atoms with Gasteiger partial charge in [0.05, 0.1) is 7.11 Å². The summed E-state index contributed by atoms with van der Waals surface area (Å²) >= 11 is 1.80. The number of ether oxygens (including phenoxy) is 2. The smallest absolute Gasteiger partial charge is 0.310 e. The van der Waals surface area contributed by atoms with Gasteiger partial charge in [0.2, 0.25) is 0 Å². The maximum Gasteiger partial charge on any atom is 0.310 e. The van der Waals surface area contributed by atoms with Gasteiger partial charge in [-0.15, -0.1) is 11.8 Å². The number of methoxy groups -OCH3 is 1. The van der Waals surface area contributed by atoms with E-state index < -0.39 is 0 Å². The fourth-order valence-corrected chi connectivity index (χ4v) is 3.96. The second-order valence-corrected chi connectivity index (χ2v) is 7.05. The Hall–Kier alpha value is -1.23. The van der Waals surface area contributed by atoms with Crippen molar-refractivity contribution in [2.45, 2.75) is 65.2 Å². The molecule has 0 bridgehead atoms. The molecule has 1 rings (SSSR count). The fourth-order valence-electron chi connectivity index (χ4n) is 2.68. The highest BCUT2D eigenvalue weighted by atomic mass is 32.2. The summed E-state index contributed by atoms with van der Waals surface area (Å²) in [6.45, 7) is 4.01. The first-order valence-corrected chi connectivity index (χ1v) is 9.87. The first kappa shape index (κ1) is 20.8. The Morgan fingerprint density at radius 1 is 1.21 bits per heavy atom. The number of allylic oxidation sites excluding steroid dienone is 4. The Morgan fingerprint density at radius 2 is 2.00 bits per heavy atom. The van der Waals surface area contributed by atoms with Crippen LogP contribution in [0.2, 0.25) is 0 Å². The zero-order valence-corrected chi connectivity index (χ0v) is 16.0. The van der Waals surface area contributed by atoms with Gasteiger partial charge in [0.25, 0.3) is 0 Å². The first-order chi connectivity index (χ1) is 11.6. The molecule has 1 aliphatic rings. The SMILES string of the molecule is C/C=C/C1CCC(OC(=O)CCC)=C1SCCCCCC(=O)OC. The lowest BCUT2D eigenvalue weighted by Gasteiger charge is -2.12. The highest BCUT2D eigenvalue weighted by Gasteiger charge is 2.26. The molecular formula is C19H30O4S. The molecule has 5 heteroatoms. The van der Waals surface area contributed by atoms with Crippen LogP contribution in [0.25, 0.3) is 0 Å². The third-order valence-electron chi connectivity index (χ3n) is 3.92. The monoisotopic (exact) mass is 354 g/mol. The molecule has 1 aliphatic carbocycles. The Kier molecular flexibility index (Phi) is 10.6. The van der Waals surface area contributed by atoms with E-state index in [1.54, 1.807) is 11.8 Å². The number of esters is 2. The number of hydrogen-bond acceptors (Lipinski definition) is 5. The van der Waals surface area contributed by atoms with Gasteiger partial charge in [-0.3, -0.25) is 9.59 Å². The van der Waals surface area contributed by atoms with Gasteiger partial charge < -0.3 is 9.47 Å². The lowest BCUT2D eigenvalue weighted by atomic mass is 10.1. The summed E-state index contributed by atoms with van der Waals surface area (Å²) in [6.07, 6.45) is 10.8. The van der Waals surface area contributed by atoms with Gasteiger partial charge in [-0.2, -0.15) is 0 Å². The molecule has 4 nitrogen and oxygen atoms in total. The average molecular weight is 355 g/mol. The molecule has 0 heterocycles. The van der Waals surface area contributed by atoms with Gasteiger partial charge in [-0.05, 0) is 38.4 Å². The largest absolute Gasteiger partial charge is 0.469 e. The van der Waals surface area contributed by atoms with Crippen molar-refractivity contribution in [3.05, 3.63) is 22.8 Å². The van der Waals surface area contributed by atoms with Crippen molar-refractivity contribution < 1.29 is 19.1 Å². The number of unbranched alkanes of at least 4 members (excludes halogenated alkanes) is 2. The summed E-state index contributed by atoms with van der Waals surface area (Å²) < 4.78 is 10.2. The minimum atomic E-state index is -0.139. The normalized spacial score (nSPS) is 17.5. The van der Waals surface area contributed by atoms with Crippen molar-refractivity contribution in [3.8, 4) is 0 Å². The van der Waals surface area contributed by atoms with Crippen LogP contribution in [0.15, 0.2) is 22.8 Å². The van der Waals surface area contributed by atoms with E-state index in [-0.39, 0.29) is 11.9 Å². The summed E-state index contributed by atoms with van der Waals surface area (Å²) in [6, 6.07) is 0. The van der Waals surface area contributed by atoms with Crippen LogP contribution in [0.5, 0.6) is 0 Å². The van der Waals surface area contributed by atoms with Crippen LogP contribution in [0, 0.1) is 5.92 Å². The Balaban J connectivity index is 2.47. The van der Waals surface area contributed by atoms with E-state index in [4.69, 9.17) is 4.74 Å². The van der Waals surface area contributed by atoms with Crippen LogP contribution in [0.4, 0.5) is 0 Å². The average Bonchev–Trinajstić information content (AvgIpc) is 2.93. The van der Waals surface area contributed by atoms with Crippen molar-refractivity contribution in [3.63, 3.8) is 0 Å². The summed E-state index contributed by atoms with van der Waals surface area (Å²) in [5, 5.41) is 0. The van der Waals surface area contributed by atoms with Crippen molar-refractivity contribution in [2.75, 3.05) is 12.9 Å². The fraction of sp³-hybridized carbons (Fsp3) is 0.684. The molecule has 0 radical (unpaired) electrons. The zero-order chi connectivity index (χ0) is 17.8. The van der Waals surface area contributed by atoms with E-state index in [0.717, 1.165) is 50.0 Å². The molecule has 0 aromatic rings. The minimum Gasteiger partial charge on any atom is -0.469 e. The van der Waals surface area contributed by atoms with Gasteiger partial charge >= 0.3 is 11.9 Å². The molecule has 0 aromatic carbocycles. The van der Waals surface area contributed by atoms with Gasteiger partial charge in [-0.1, -0.05) is 25.5 Å². The van der Waals surface area contributed by atoms with Crippen LogP contribution in [0.1, 0.15) is 65.2 Å². The standard InChI is InChI=1S/C19H30O4S/c1-4-9-15-12-13-16(23-18(21)10-5-2)19(15)24-14-8-6-7-11-17(20)22-3/h4,9,15H,5-8,10-14H2,1-3H3/b9-4+. The van der Waals surface area contributed by atoms with E-state index in [2.05, 4.69) is 16.9 Å². The predicted octanol–water partition coefficient (Wildman–Crippen LogP) is 4.99. The highest BCUT2D eigenvalue weighted by molar-refractivity contribution is 8.03. The number of rotatable bonds is 11. The predicted molar refractivity (Wildman–Crippen MR) is 98.5 cm³/mol. The third kappa shape index (κ3) is 7.56. The van der Waals surface area contributed by atoms with Crippen LogP contribution in [-0.4, -0.2) is 24.8 Å². The Labute approximate surface area is 150 Å². The number of hydrogen-bond donors (Lipinski definition) is 0. The molecule has 0 spiro atoms. The molecule has 136 valence electrons. The number of carbonyl (C=O) groups is 2. The summed E-state index contributed by atoms with van der Waals surface area (Å²) in [7, 11) is 1.42. The zero-order valence-electron chi connectivity index (χ0n) is 15.1. The molecule has 24 heavy (non-hydrogen) atoms. The summed E-state index contributed by atoms with van der Waals surface area (Å²) in [4.78, 5) is 24.1. The maximum atomic E-state index is 11.8. The minimum absolute atomic E-state index is 0.121. The van der Waals surface area contributed by atoms with Crippen LogP contribution < -0.4 is 0 Å². The molecule has 1 unspecified atom stereocenters. The van der Waals surface area contributed by atoms with Crippen molar-refractivity contribution >= 4 is 23.7 Å². The van der Waals surface area contributed by atoms with E-state index in [9.17, 15) is 9.59 Å². The van der Waals surface area contributed by atoms with Crippen molar-refractivity contribution in [1.29, 1.82) is 0 Å². The topological polar surface area (TPSA) is 52.6 Å². The van der Waals surface area contributed by atoms with E-state index >= 15 is 0 Å². The maximum absolute atomic E-state index is 11.8. The lowest BCUT2D eigenvalue weighted by Crippen LogP contribution is -2.04. The second kappa shape index (κ2) is 12.2. The Morgan fingerprint density at radius 3 is 2.67 bits per heavy atom. The highest BCUT2D eigenvalue weighted by Crippen LogP contribution is 2.41. The van der Waals surface area contributed by atoms with Gasteiger partial charge in [0.15, 0.2) is 0 Å². The molecule has 0 fully saturated rings. The first-order valence-electron chi connectivity index (χ1n) is 8.88. The van der Waals surface area contributed by atoms with Gasteiger partial charge in [-0.25, -0.2) is 0 Å². The third-order valence-corrected chi connectivity index (χ3v) is 5.25. The van der Waals surface area contributed by atoms with E-state index in [1.807, 2.05) is 13.8 Å². The molecule has 0 saturated heterocycles. The quantitative estimate of drug-likeness (QED) is 0.297. The van der Waals surface area contributed by atoms with Gasteiger partial charge in [0.1, 0.15) is 5.76 Å². The van der Waals surface area contributed by atoms with Crippen LogP contribution >= 0.6 is 11.8 Å². The molecule has 0 saturated carbocycles. The molecule has 0 amide bonds. The number of thioether (sulfide) groups is 1. The van der Waals surface area contributed by atoms with Crippen molar-refractivity contribution in [2.24, 2.45) is 5.92 Å². The molecular weight excluding hydrogens is 324 g/mol. The Bertz CT molecular complexity index is 468. The lowest BCUT2D eigenvalue weighted by molar-refractivity contribution is -0.141. The molecule has 1 atom stereocenters. The van der Waals surface area contributed by atoms with Crippen LogP contribution in [0.3, 0.4) is 0 Å². The molecule has 0 N–H and O–H groups in total.